The molecule has 1 amide bonds. The summed E-state index contributed by atoms with van der Waals surface area (Å²) in [6, 6.07) is 13.2. The van der Waals surface area contributed by atoms with Gasteiger partial charge in [0.2, 0.25) is 0 Å². The van der Waals surface area contributed by atoms with Crippen LogP contribution in [-0.4, -0.2) is 13.0 Å². The van der Waals surface area contributed by atoms with Gasteiger partial charge in [-0.1, -0.05) is 12.1 Å². The zero-order valence-electron chi connectivity index (χ0n) is 11.0. The van der Waals surface area contributed by atoms with Crippen molar-refractivity contribution >= 4 is 23.0 Å². The third-order valence-electron chi connectivity index (χ3n) is 2.84. The van der Waals surface area contributed by atoms with E-state index in [0.29, 0.717) is 11.3 Å². The van der Waals surface area contributed by atoms with Crippen molar-refractivity contribution in [2.45, 2.75) is 6.92 Å². The van der Waals surface area contributed by atoms with E-state index in [9.17, 15) is 4.79 Å². The van der Waals surface area contributed by atoms with Crippen molar-refractivity contribution in [1.29, 1.82) is 0 Å². The van der Waals surface area contributed by atoms with Crippen molar-refractivity contribution < 1.29 is 4.79 Å². The van der Waals surface area contributed by atoms with E-state index in [1.165, 1.54) is 5.56 Å². The van der Waals surface area contributed by atoms with Crippen LogP contribution in [-0.2, 0) is 0 Å². The van der Waals surface area contributed by atoms with Gasteiger partial charge in [-0.05, 0) is 42.8 Å². The molecule has 0 saturated heterocycles. The molecule has 0 saturated carbocycles. The van der Waals surface area contributed by atoms with E-state index in [0.717, 1.165) is 11.4 Å². The van der Waals surface area contributed by atoms with Gasteiger partial charge in [-0.3, -0.25) is 4.79 Å². The van der Waals surface area contributed by atoms with Crippen molar-refractivity contribution in [2.75, 3.05) is 18.1 Å². The van der Waals surface area contributed by atoms with Crippen LogP contribution in [0.15, 0.2) is 42.5 Å². The van der Waals surface area contributed by atoms with Crippen LogP contribution in [0.25, 0.3) is 0 Å². The Morgan fingerprint density at radius 2 is 1.95 bits per heavy atom. The standard InChI is InChI=1S/C15H17N3O/c1-10-4-3-5-12(8-10)18-14-7-6-11(9-13(14)16)15(19)17-2/h3-9,18H,16H2,1-2H3,(H,17,19). The zero-order valence-corrected chi connectivity index (χ0v) is 11.0. The Kier molecular flexibility index (Phi) is 3.71. The quantitative estimate of drug-likeness (QED) is 0.739. The van der Waals surface area contributed by atoms with Crippen molar-refractivity contribution in [3.63, 3.8) is 0 Å². The molecule has 0 fully saturated rings. The van der Waals surface area contributed by atoms with Gasteiger partial charge in [0, 0.05) is 18.3 Å². The first kappa shape index (κ1) is 13.0. The summed E-state index contributed by atoms with van der Waals surface area (Å²) in [5.41, 5.74) is 9.99. The SMILES string of the molecule is CNC(=O)c1ccc(Nc2cccc(C)c2)c(N)c1. The second-order valence-electron chi connectivity index (χ2n) is 4.38. The second kappa shape index (κ2) is 5.44. The smallest absolute Gasteiger partial charge is 0.251 e. The third kappa shape index (κ3) is 3.04. The molecule has 0 bridgehead atoms. The Morgan fingerprint density at radius 1 is 1.16 bits per heavy atom. The highest BCUT2D eigenvalue weighted by Gasteiger charge is 2.06. The Hall–Kier alpha value is -2.49. The van der Waals surface area contributed by atoms with Gasteiger partial charge < -0.3 is 16.4 Å². The lowest BCUT2D eigenvalue weighted by Crippen LogP contribution is -2.17. The fourth-order valence-electron chi connectivity index (χ4n) is 1.84. The van der Waals surface area contributed by atoms with Crippen molar-refractivity contribution in [3.8, 4) is 0 Å². The highest BCUT2D eigenvalue weighted by Crippen LogP contribution is 2.24. The fourth-order valence-corrected chi connectivity index (χ4v) is 1.84. The summed E-state index contributed by atoms with van der Waals surface area (Å²) in [6.07, 6.45) is 0. The molecule has 4 N–H and O–H groups in total. The molecule has 0 spiro atoms. The van der Waals surface area contributed by atoms with Gasteiger partial charge in [-0.25, -0.2) is 0 Å². The van der Waals surface area contributed by atoms with Gasteiger partial charge in [0.15, 0.2) is 0 Å². The second-order valence-corrected chi connectivity index (χ2v) is 4.38. The zero-order chi connectivity index (χ0) is 13.8. The topological polar surface area (TPSA) is 67.2 Å². The molecule has 98 valence electrons. The van der Waals surface area contributed by atoms with Crippen LogP contribution in [0.3, 0.4) is 0 Å². The molecule has 2 aromatic rings. The number of nitrogen functional groups attached to an aromatic ring is 1. The minimum absolute atomic E-state index is 0.145. The summed E-state index contributed by atoms with van der Waals surface area (Å²) in [5, 5.41) is 5.81. The number of anilines is 3. The lowest BCUT2D eigenvalue weighted by atomic mass is 10.1. The molecule has 2 aromatic carbocycles. The van der Waals surface area contributed by atoms with Gasteiger partial charge in [0.05, 0.1) is 11.4 Å². The fraction of sp³-hybridized carbons (Fsp3) is 0.133. The van der Waals surface area contributed by atoms with Crippen LogP contribution in [0.2, 0.25) is 0 Å². The first-order chi connectivity index (χ1) is 9.10. The normalized spacial score (nSPS) is 10.0. The number of benzene rings is 2. The highest BCUT2D eigenvalue weighted by atomic mass is 16.1. The molecule has 0 atom stereocenters. The monoisotopic (exact) mass is 255 g/mol. The lowest BCUT2D eigenvalue weighted by molar-refractivity contribution is 0.0963. The molecule has 19 heavy (non-hydrogen) atoms. The first-order valence-corrected chi connectivity index (χ1v) is 6.05. The molecular formula is C15H17N3O. The lowest BCUT2D eigenvalue weighted by Gasteiger charge is -2.11. The average Bonchev–Trinajstić information content (AvgIpc) is 2.40. The summed E-state index contributed by atoms with van der Waals surface area (Å²) in [4.78, 5) is 11.5. The first-order valence-electron chi connectivity index (χ1n) is 6.05. The predicted octanol–water partition coefficient (Wildman–Crippen LogP) is 2.68. The van der Waals surface area contributed by atoms with Crippen molar-refractivity contribution in [2.24, 2.45) is 0 Å². The molecule has 0 unspecified atom stereocenters. The molecular weight excluding hydrogens is 238 g/mol. The maximum absolute atomic E-state index is 11.5. The number of hydrogen-bond donors (Lipinski definition) is 3. The maximum Gasteiger partial charge on any atom is 0.251 e. The van der Waals surface area contributed by atoms with Gasteiger partial charge in [0.1, 0.15) is 0 Å². The molecule has 0 radical (unpaired) electrons. The van der Waals surface area contributed by atoms with E-state index in [2.05, 4.69) is 10.6 Å². The minimum atomic E-state index is -0.145. The van der Waals surface area contributed by atoms with Crippen LogP contribution >= 0.6 is 0 Å². The number of carbonyl (C=O) groups is 1. The number of carbonyl (C=O) groups excluding carboxylic acids is 1. The Morgan fingerprint density at radius 3 is 2.58 bits per heavy atom. The number of aryl methyl sites for hydroxylation is 1. The van der Waals surface area contributed by atoms with E-state index < -0.39 is 0 Å². The molecule has 4 heteroatoms. The van der Waals surface area contributed by atoms with Gasteiger partial charge in [-0.2, -0.15) is 0 Å². The van der Waals surface area contributed by atoms with Gasteiger partial charge in [-0.15, -0.1) is 0 Å². The number of nitrogens with two attached hydrogens (primary N) is 1. The number of nitrogens with one attached hydrogen (secondary N) is 2. The van der Waals surface area contributed by atoms with Crippen molar-refractivity contribution in [1.82, 2.24) is 5.32 Å². The Labute approximate surface area is 112 Å². The number of hydrogen-bond acceptors (Lipinski definition) is 3. The summed E-state index contributed by atoms with van der Waals surface area (Å²) in [7, 11) is 1.59. The number of amides is 1. The summed E-state index contributed by atoms with van der Waals surface area (Å²) in [6.45, 7) is 2.03. The maximum atomic E-state index is 11.5. The van der Waals surface area contributed by atoms with Crippen LogP contribution in [0.5, 0.6) is 0 Å². The summed E-state index contributed by atoms with van der Waals surface area (Å²) in [5.74, 6) is -0.145. The summed E-state index contributed by atoms with van der Waals surface area (Å²) < 4.78 is 0. The molecule has 0 aliphatic carbocycles. The third-order valence-corrected chi connectivity index (χ3v) is 2.84. The minimum Gasteiger partial charge on any atom is -0.397 e. The largest absolute Gasteiger partial charge is 0.397 e. The molecule has 0 aliphatic rings. The molecule has 0 aromatic heterocycles. The van der Waals surface area contributed by atoms with E-state index in [1.54, 1.807) is 19.2 Å². The van der Waals surface area contributed by atoms with E-state index in [4.69, 9.17) is 5.73 Å². The molecule has 4 nitrogen and oxygen atoms in total. The van der Waals surface area contributed by atoms with Crippen LogP contribution in [0, 0.1) is 6.92 Å². The molecule has 2 rings (SSSR count). The van der Waals surface area contributed by atoms with E-state index >= 15 is 0 Å². The van der Waals surface area contributed by atoms with E-state index in [1.807, 2.05) is 37.3 Å². The number of rotatable bonds is 3. The Balaban J connectivity index is 2.24. The van der Waals surface area contributed by atoms with E-state index in [-0.39, 0.29) is 5.91 Å². The van der Waals surface area contributed by atoms with Crippen LogP contribution in [0.4, 0.5) is 17.1 Å². The summed E-state index contributed by atoms with van der Waals surface area (Å²) >= 11 is 0. The van der Waals surface area contributed by atoms with Gasteiger partial charge in [0.25, 0.3) is 5.91 Å². The van der Waals surface area contributed by atoms with Gasteiger partial charge >= 0.3 is 0 Å². The van der Waals surface area contributed by atoms with Crippen LogP contribution in [0.1, 0.15) is 15.9 Å². The average molecular weight is 255 g/mol. The predicted molar refractivity (Wildman–Crippen MR) is 78.7 cm³/mol. The molecule has 0 heterocycles. The van der Waals surface area contributed by atoms with Crippen LogP contribution < -0.4 is 16.4 Å². The van der Waals surface area contributed by atoms with Crippen molar-refractivity contribution in [3.05, 3.63) is 53.6 Å². The highest BCUT2D eigenvalue weighted by molar-refractivity contribution is 5.96. The molecule has 0 aliphatic heterocycles. The Bertz CT molecular complexity index is 608.